The standard InChI is InChI=1S/C12H16N2O/c1-9(15)13-11-7-3-5-10-6-4-8-14(2)12(10)11/h3,5,7H,4,6,8H2,1-2H3,(H,13,15). The number of anilines is 2. The molecule has 0 aromatic heterocycles. The average Bonchev–Trinajstić information content (AvgIpc) is 2.17. The minimum absolute atomic E-state index is 0.0117. The number of carbonyl (C=O) groups excluding carboxylic acids is 1. The molecule has 0 radical (unpaired) electrons. The van der Waals surface area contributed by atoms with Gasteiger partial charge in [0.1, 0.15) is 0 Å². The number of nitrogens with zero attached hydrogens (tertiary/aromatic N) is 1. The van der Waals surface area contributed by atoms with Gasteiger partial charge < -0.3 is 10.2 Å². The fraction of sp³-hybridized carbons (Fsp3) is 0.417. The first-order valence-electron chi connectivity index (χ1n) is 5.29. The highest BCUT2D eigenvalue weighted by Gasteiger charge is 2.17. The Kier molecular flexibility index (Phi) is 2.62. The van der Waals surface area contributed by atoms with E-state index < -0.39 is 0 Å². The van der Waals surface area contributed by atoms with Crippen LogP contribution in [0.2, 0.25) is 0 Å². The molecule has 0 unspecified atom stereocenters. The van der Waals surface area contributed by atoms with Gasteiger partial charge >= 0.3 is 0 Å². The van der Waals surface area contributed by atoms with Crippen molar-refractivity contribution in [2.24, 2.45) is 0 Å². The van der Waals surface area contributed by atoms with E-state index in [1.54, 1.807) is 6.92 Å². The molecule has 1 aliphatic heterocycles. The first-order valence-corrected chi connectivity index (χ1v) is 5.29. The summed E-state index contributed by atoms with van der Waals surface area (Å²) in [6.45, 7) is 2.60. The second-order valence-corrected chi connectivity index (χ2v) is 4.02. The smallest absolute Gasteiger partial charge is 0.221 e. The van der Waals surface area contributed by atoms with E-state index in [0.29, 0.717) is 0 Å². The first-order chi connectivity index (χ1) is 7.18. The van der Waals surface area contributed by atoms with Crippen molar-refractivity contribution in [3.8, 4) is 0 Å². The van der Waals surface area contributed by atoms with E-state index in [0.717, 1.165) is 18.7 Å². The molecule has 3 heteroatoms. The molecule has 1 aromatic carbocycles. The van der Waals surface area contributed by atoms with Gasteiger partial charge in [-0.2, -0.15) is 0 Å². The highest BCUT2D eigenvalue weighted by molar-refractivity contribution is 5.93. The lowest BCUT2D eigenvalue weighted by molar-refractivity contribution is -0.114. The number of aryl methyl sites for hydroxylation is 1. The number of carbonyl (C=O) groups is 1. The van der Waals surface area contributed by atoms with Crippen LogP contribution in [0.1, 0.15) is 18.9 Å². The number of rotatable bonds is 1. The van der Waals surface area contributed by atoms with Gasteiger partial charge in [0.2, 0.25) is 5.91 Å². The quantitative estimate of drug-likeness (QED) is 0.759. The molecule has 2 rings (SSSR count). The molecule has 0 saturated heterocycles. The van der Waals surface area contributed by atoms with Crippen molar-refractivity contribution in [1.82, 2.24) is 0 Å². The number of nitrogens with one attached hydrogen (secondary N) is 1. The Hall–Kier alpha value is -1.51. The second-order valence-electron chi connectivity index (χ2n) is 4.02. The van der Waals surface area contributed by atoms with Gasteiger partial charge in [0, 0.05) is 20.5 Å². The lowest BCUT2D eigenvalue weighted by Gasteiger charge is -2.29. The maximum atomic E-state index is 11.1. The summed E-state index contributed by atoms with van der Waals surface area (Å²) in [6.07, 6.45) is 2.29. The van der Waals surface area contributed by atoms with Crippen LogP contribution in [0.3, 0.4) is 0 Å². The Labute approximate surface area is 90.1 Å². The van der Waals surface area contributed by atoms with E-state index in [1.807, 2.05) is 12.1 Å². The van der Waals surface area contributed by atoms with Crippen LogP contribution in [-0.4, -0.2) is 19.5 Å². The van der Waals surface area contributed by atoms with E-state index in [2.05, 4.69) is 23.3 Å². The summed E-state index contributed by atoms with van der Waals surface area (Å²) < 4.78 is 0. The number of hydrogen-bond donors (Lipinski definition) is 1. The van der Waals surface area contributed by atoms with Crippen molar-refractivity contribution >= 4 is 17.3 Å². The minimum atomic E-state index is -0.0117. The summed E-state index contributed by atoms with van der Waals surface area (Å²) in [5.41, 5.74) is 3.44. The Morgan fingerprint density at radius 2 is 2.27 bits per heavy atom. The van der Waals surface area contributed by atoms with Crippen LogP contribution >= 0.6 is 0 Å². The molecule has 0 aliphatic carbocycles. The van der Waals surface area contributed by atoms with Crippen molar-refractivity contribution in [2.45, 2.75) is 19.8 Å². The number of benzene rings is 1. The zero-order valence-corrected chi connectivity index (χ0v) is 9.21. The van der Waals surface area contributed by atoms with Crippen molar-refractivity contribution in [2.75, 3.05) is 23.8 Å². The van der Waals surface area contributed by atoms with E-state index in [9.17, 15) is 4.79 Å². The number of amides is 1. The van der Waals surface area contributed by atoms with E-state index in [1.165, 1.54) is 17.7 Å². The third-order valence-corrected chi connectivity index (χ3v) is 2.75. The molecule has 0 saturated carbocycles. The van der Waals surface area contributed by atoms with Gasteiger partial charge in [0.05, 0.1) is 11.4 Å². The summed E-state index contributed by atoms with van der Waals surface area (Å²) in [5, 5.41) is 2.88. The summed E-state index contributed by atoms with van der Waals surface area (Å²) in [7, 11) is 2.07. The molecule has 0 fully saturated rings. The van der Waals surface area contributed by atoms with Crippen molar-refractivity contribution in [1.29, 1.82) is 0 Å². The van der Waals surface area contributed by atoms with Crippen LogP contribution in [0.15, 0.2) is 18.2 Å². The van der Waals surface area contributed by atoms with E-state index in [-0.39, 0.29) is 5.91 Å². The van der Waals surface area contributed by atoms with Crippen molar-refractivity contribution in [3.05, 3.63) is 23.8 Å². The molecular weight excluding hydrogens is 188 g/mol. The number of para-hydroxylation sites is 1. The summed E-state index contributed by atoms with van der Waals surface area (Å²) in [4.78, 5) is 13.3. The maximum absolute atomic E-state index is 11.1. The third kappa shape index (κ3) is 1.96. The number of fused-ring (bicyclic) bond motifs is 1. The van der Waals surface area contributed by atoms with Gasteiger partial charge in [-0.3, -0.25) is 4.79 Å². The molecule has 1 aliphatic rings. The lowest BCUT2D eigenvalue weighted by atomic mass is 10.0. The molecule has 3 nitrogen and oxygen atoms in total. The Balaban J connectivity index is 2.42. The van der Waals surface area contributed by atoms with Gasteiger partial charge in [0.25, 0.3) is 0 Å². The predicted molar refractivity (Wildman–Crippen MR) is 62.3 cm³/mol. The zero-order valence-electron chi connectivity index (χ0n) is 9.21. The Morgan fingerprint density at radius 3 is 3.00 bits per heavy atom. The minimum Gasteiger partial charge on any atom is -0.373 e. The molecule has 1 aromatic rings. The average molecular weight is 204 g/mol. The Bertz CT molecular complexity index is 387. The topological polar surface area (TPSA) is 32.3 Å². The predicted octanol–water partition coefficient (Wildman–Crippen LogP) is 2.03. The van der Waals surface area contributed by atoms with Crippen LogP contribution in [0.4, 0.5) is 11.4 Å². The first kappa shape index (κ1) is 10.0. The normalized spacial score (nSPS) is 14.7. The molecule has 1 N–H and O–H groups in total. The van der Waals surface area contributed by atoms with Gasteiger partial charge in [-0.1, -0.05) is 12.1 Å². The fourth-order valence-corrected chi connectivity index (χ4v) is 2.15. The molecule has 0 spiro atoms. The highest BCUT2D eigenvalue weighted by Crippen LogP contribution is 2.33. The van der Waals surface area contributed by atoms with Crippen LogP contribution in [0.5, 0.6) is 0 Å². The molecule has 80 valence electrons. The van der Waals surface area contributed by atoms with Crippen molar-refractivity contribution in [3.63, 3.8) is 0 Å². The molecule has 15 heavy (non-hydrogen) atoms. The van der Waals surface area contributed by atoms with Gasteiger partial charge in [-0.05, 0) is 24.5 Å². The molecule has 1 amide bonds. The van der Waals surface area contributed by atoms with Crippen LogP contribution in [-0.2, 0) is 11.2 Å². The Morgan fingerprint density at radius 1 is 1.47 bits per heavy atom. The van der Waals surface area contributed by atoms with Crippen LogP contribution in [0.25, 0.3) is 0 Å². The fourth-order valence-electron chi connectivity index (χ4n) is 2.15. The van der Waals surface area contributed by atoms with E-state index in [4.69, 9.17) is 0 Å². The highest BCUT2D eigenvalue weighted by atomic mass is 16.1. The molecule has 0 atom stereocenters. The van der Waals surface area contributed by atoms with Crippen molar-refractivity contribution < 1.29 is 4.79 Å². The maximum Gasteiger partial charge on any atom is 0.221 e. The third-order valence-electron chi connectivity index (χ3n) is 2.75. The van der Waals surface area contributed by atoms with Gasteiger partial charge in [-0.15, -0.1) is 0 Å². The van der Waals surface area contributed by atoms with Gasteiger partial charge in [-0.25, -0.2) is 0 Å². The zero-order chi connectivity index (χ0) is 10.8. The summed E-state index contributed by atoms with van der Waals surface area (Å²) in [5.74, 6) is -0.0117. The second kappa shape index (κ2) is 3.93. The van der Waals surface area contributed by atoms with Gasteiger partial charge in [0.15, 0.2) is 0 Å². The van der Waals surface area contributed by atoms with E-state index >= 15 is 0 Å². The molecule has 1 heterocycles. The van der Waals surface area contributed by atoms with Crippen LogP contribution in [0, 0.1) is 0 Å². The summed E-state index contributed by atoms with van der Waals surface area (Å²) in [6, 6.07) is 6.10. The monoisotopic (exact) mass is 204 g/mol. The summed E-state index contributed by atoms with van der Waals surface area (Å²) >= 11 is 0. The lowest BCUT2D eigenvalue weighted by Crippen LogP contribution is -2.26. The van der Waals surface area contributed by atoms with Crippen LogP contribution < -0.4 is 10.2 Å². The SMILES string of the molecule is CC(=O)Nc1cccc2c1N(C)CCC2. The molecular formula is C12H16N2O. The molecule has 0 bridgehead atoms. The number of hydrogen-bond acceptors (Lipinski definition) is 2. The largest absolute Gasteiger partial charge is 0.373 e.